The maximum atomic E-state index is 12.1. The maximum absolute atomic E-state index is 12.1. The largest absolute Gasteiger partial charge is 0.414 e. The van der Waals surface area contributed by atoms with Gasteiger partial charge in [0.1, 0.15) is 0 Å². The maximum Gasteiger partial charge on any atom is 0.414 e. The van der Waals surface area contributed by atoms with Crippen LogP contribution in [0.3, 0.4) is 0 Å². The van der Waals surface area contributed by atoms with Crippen LogP contribution in [0.1, 0.15) is 12.8 Å². The number of hydrogen-bond acceptors (Lipinski definition) is 2. The van der Waals surface area contributed by atoms with Gasteiger partial charge in [-0.15, -0.1) is 0 Å². The van der Waals surface area contributed by atoms with E-state index in [1.165, 1.54) is 11.8 Å². The Morgan fingerprint density at radius 1 is 1.54 bits per heavy atom. The zero-order valence-corrected chi connectivity index (χ0v) is 7.79. The molecule has 1 rings (SSSR count). The first-order valence-electron chi connectivity index (χ1n) is 3.98. The van der Waals surface area contributed by atoms with Gasteiger partial charge in [0.05, 0.1) is 11.7 Å². The van der Waals surface area contributed by atoms with Crippen molar-refractivity contribution >= 4 is 11.8 Å². The van der Waals surface area contributed by atoms with Gasteiger partial charge in [0.25, 0.3) is 0 Å². The van der Waals surface area contributed by atoms with Crippen LogP contribution in [0.5, 0.6) is 0 Å². The Morgan fingerprint density at radius 2 is 2.15 bits per heavy atom. The predicted octanol–water partition coefficient (Wildman–Crippen LogP) is 2.36. The van der Waals surface area contributed by atoms with E-state index >= 15 is 0 Å². The fraction of sp³-hybridized carbons (Fsp3) is 0.750. The molecule has 0 spiro atoms. The average molecular weight is 212 g/mol. The van der Waals surface area contributed by atoms with Crippen LogP contribution in [0.15, 0.2) is 12.2 Å². The van der Waals surface area contributed by atoms with E-state index in [9.17, 15) is 18.3 Å². The minimum absolute atomic E-state index is 0.325. The van der Waals surface area contributed by atoms with Gasteiger partial charge in [0.2, 0.25) is 0 Å². The number of rotatable bonds is 2. The molecule has 13 heavy (non-hydrogen) atoms. The minimum Gasteiger partial charge on any atom is -0.387 e. The van der Waals surface area contributed by atoms with E-state index in [1.807, 2.05) is 0 Å². The molecule has 0 bridgehead atoms. The van der Waals surface area contributed by atoms with Crippen molar-refractivity contribution in [1.82, 2.24) is 0 Å². The lowest BCUT2D eigenvalue weighted by molar-refractivity contribution is -0.105. The third-order valence-electron chi connectivity index (χ3n) is 2.04. The van der Waals surface area contributed by atoms with Gasteiger partial charge in [-0.1, -0.05) is 6.58 Å². The van der Waals surface area contributed by atoms with Gasteiger partial charge in [0.15, 0.2) is 0 Å². The van der Waals surface area contributed by atoms with Crippen LogP contribution in [0.2, 0.25) is 0 Å². The normalized spacial score (nSPS) is 26.0. The summed E-state index contributed by atoms with van der Waals surface area (Å²) in [5, 5.41) is 8.99. The van der Waals surface area contributed by atoms with Crippen LogP contribution in [0, 0.1) is 0 Å². The lowest BCUT2D eigenvalue weighted by Gasteiger charge is -2.21. The molecule has 0 aromatic heterocycles. The molecule has 1 saturated heterocycles. The van der Waals surface area contributed by atoms with Crippen molar-refractivity contribution < 1.29 is 18.3 Å². The van der Waals surface area contributed by atoms with Crippen molar-refractivity contribution in [3.63, 3.8) is 0 Å². The summed E-state index contributed by atoms with van der Waals surface area (Å²) < 4.78 is 36.3. The average Bonchev–Trinajstić information content (AvgIpc) is 2.51. The number of aliphatic hydroxyl groups excluding tert-OH is 1. The van der Waals surface area contributed by atoms with Crippen molar-refractivity contribution in [2.75, 3.05) is 5.75 Å². The monoisotopic (exact) mass is 212 g/mol. The Labute approximate surface area is 79.0 Å². The summed E-state index contributed by atoms with van der Waals surface area (Å²) in [6, 6.07) is 0. The number of hydrogen-bond donors (Lipinski definition) is 1. The second kappa shape index (κ2) is 3.92. The highest BCUT2D eigenvalue weighted by Crippen LogP contribution is 2.36. The standard InChI is InChI=1S/C8H11F3OS/c1-5(8(9,10)11)7(12)6-3-2-4-13-6/h6-7,12H,1-4H2. The molecule has 0 aromatic rings. The van der Waals surface area contributed by atoms with E-state index < -0.39 is 17.9 Å². The number of thioether (sulfide) groups is 1. The van der Waals surface area contributed by atoms with Crippen LogP contribution in [0.4, 0.5) is 13.2 Å². The lowest BCUT2D eigenvalue weighted by Crippen LogP contribution is -2.30. The molecule has 0 aromatic carbocycles. The summed E-state index contributed by atoms with van der Waals surface area (Å²) >= 11 is 1.38. The minimum atomic E-state index is -4.47. The molecule has 76 valence electrons. The lowest BCUT2D eigenvalue weighted by atomic mass is 10.1. The van der Waals surface area contributed by atoms with Gasteiger partial charge in [-0.2, -0.15) is 24.9 Å². The summed E-state index contributed by atoms with van der Waals surface area (Å²) in [5.41, 5.74) is -1.02. The molecule has 1 N–H and O–H groups in total. The molecule has 1 nitrogen and oxygen atoms in total. The molecular formula is C8H11F3OS. The van der Waals surface area contributed by atoms with Gasteiger partial charge in [-0.25, -0.2) is 0 Å². The Kier molecular flexibility index (Phi) is 3.29. The second-order valence-electron chi connectivity index (χ2n) is 3.02. The third kappa shape index (κ3) is 2.64. The summed E-state index contributed by atoms with van der Waals surface area (Å²) in [4.78, 5) is 0. The Bertz CT molecular complexity index is 196. The van der Waals surface area contributed by atoms with Crippen LogP contribution in [-0.4, -0.2) is 28.4 Å². The summed E-state index contributed by atoms with van der Waals surface area (Å²) in [7, 11) is 0. The number of alkyl halides is 3. The van der Waals surface area contributed by atoms with Crippen molar-refractivity contribution in [2.45, 2.75) is 30.4 Å². The SMILES string of the molecule is C=C(C(O)C1CCCS1)C(F)(F)F. The smallest absolute Gasteiger partial charge is 0.387 e. The molecule has 0 radical (unpaired) electrons. The van der Waals surface area contributed by atoms with Crippen molar-refractivity contribution in [2.24, 2.45) is 0 Å². The topological polar surface area (TPSA) is 20.2 Å². The molecule has 2 unspecified atom stereocenters. The van der Waals surface area contributed by atoms with E-state index in [4.69, 9.17) is 0 Å². The summed E-state index contributed by atoms with van der Waals surface area (Å²) in [6.45, 7) is 2.88. The highest BCUT2D eigenvalue weighted by molar-refractivity contribution is 8.00. The van der Waals surface area contributed by atoms with Gasteiger partial charge < -0.3 is 5.11 Å². The van der Waals surface area contributed by atoms with Gasteiger partial charge in [-0.05, 0) is 18.6 Å². The molecule has 2 atom stereocenters. The summed E-state index contributed by atoms with van der Waals surface area (Å²) in [5.74, 6) is 0.826. The molecule has 1 heterocycles. The molecule has 0 saturated carbocycles. The summed E-state index contributed by atoms with van der Waals surface area (Å²) in [6.07, 6.45) is -4.39. The first-order valence-corrected chi connectivity index (χ1v) is 5.03. The van der Waals surface area contributed by atoms with Crippen molar-refractivity contribution in [3.8, 4) is 0 Å². The molecule has 1 aliphatic rings. The molecule has 0 aliphatic carbocycles. The van der Waals surface area contributed by atoms with Crippen LogP contribution in [-0.2, 0) is 0 Å². The van der Waals surface area contributed by atoms with E-state index in [1.54, 1.807) is 0 Å². The van der Waals surface area contributed by atoms with Crippen molar-refractivity contribution in [3.05, 3.63) is 12.2 Å². The molecule has 5 heteroatoms. The fourth-order valence-corrected chi connectivity index (χ4v) is 2.56. The van der Waals surface area contributed by atoms with Gasteiger partial charge >= 0.3 is 6.18 Å². The highest BCUT2D eigenvalue weighted by Gasteiger charge is 2.40. The quantitative estimate of drug-likeness (QED) is 0.709. The first kappa shape index (κ1) is 10.9. The Hall–Kier alpha value is -0.160. The Morgan fingerprint density at radius 3 is 2.54 bits per heavy atom. The predicted molar refractivity (Wildman–Crippen MR) is 46.7 cm³/mol. The zero-order chi connectivity index (χ0) is 10.1. The second-order valence-corrected chi connectivity index (χ2v) is 4.37. The van der Waals surface area contributed by atoms with E-state index in [2.05, 4.69) is 6.58 Å². The van der Waals surface area contributed by atoms with Crippen LogP contribution >= 0.6 is 11.8 Å². The molecule has 1 aliphatic heterocycles. The van der Waals surface area contributed by atoms with Crippen LogP contribution < -0.4 is 0 Å². The molecule has 1 fully saturated rings. The number of aliphatic hydroxyl groups is 1. The first-order chi connectivity index (χ1) is 5.93. The number of halogens is 3. The highest BCUT2D eigenvalue weighted by atomic mass is 32.2. The Balaban J connectivity index is 2.56. The molecular weight excluding hydrogens is 201 g/mol. The van der Waals surface area contributed by atoms with Gasteiger partial charge in [0, 0.05) is 5.25 Å². The van der Waals surface area contributed by atoms with Crippen LogP contribution in [0.25, 0.3) is 0 Å². The van der Waals surface area contributed by atoms with E-state index in [-0.39, 0.29) is 5.25 Å². The fourth-order valence-electron chi connectivity index (χ4n) is 1.24. The third-order valence-corrected chi connectivity index (χ3v) is 3.48. The van der Waals surface area contributed by atoms with E-state index in [0.717, 1.165) is 12.2 Å². The van der Waals surface area contributed by atoms with E-state index in [0.29, 0.717) is 6.42 Å². The molecule has 0 amide bonds. The van der Waals surface area contributed by atoms with Crippen molar-refractivity contribution in [1.29, 1.82) is 0 Å². The zero-order valence-electron chi connectivity index (χ0n) is 6.97. The van der Waals surface area contributed by atoms with Gasteiger partial charge in [-0.3, -0.25) is 0 Å².